The first-order valence-corrected chi connectivity index (χ1v) is 8.02. The number of carbonyl (C=O) groups is 1. The van der Waals surface area contributed by atoms with Crippen molar-refractivity contribution in [1.82, 2.24) is 5.32 Å². The second-order valence-corrected chi connectivity index (χ2v) is 6.65. The van der Waals surface area contributed by atoms with Gasteiger partial charge in [0.25, 0.3) is 0 Å². The molecule has 1 aromatic carbocycles. The smallest absolute Gasteiger partial charge is 0.137 e. The molecule has 0 bridgehead atoms. The highest BCUT2D eigenvalue weighted by molar-refractivity contribution is 9.10. The van der Waals surface area contributed by atoms with Crippen molar-refractivity contribution in [3.63, 3.8) is 0 Å². The Labute approximate surface area is 128 Å². The number of halogens is 2. The normalized spacial score (nSPS) is 20.6. The third-order valence-corrected chi connectivity index (χ3v) is 4.58. The van der Waals surface area contributed by atoms with Gasteiger partial charge in [0.05, 0.1) is 0 Å². The molecule has 1 aromatic rings. The summed E-state index contributed by atoms with van der Waals surface area (Å²) in [6.07, 6.45) is 3.10. The van der Waals surface area contributed by atoms with Gasteiger partial charge in [-0.25, -0.2) is 4.39 Å². The second-order valence-electron chi connectivity index (χ2n) is 5.74. The number of piperidine rings is 1. The van der Waals surface area contributed by atoms with Gasteiger partial charge in [-0.3, -0.25) is 4.79 Å². The molecule has 4 heteroatoms. The molecule has 1 N–H and O–H groups in total. The third-order valence-electron chi connectivity index (χ3n) is 4.08. The van der Waals surface area contributed by atoms with E-state index in [1.807, 2.05) is 0 Å². The summed E-state index contributed by atoms with van der Waals surface area (Å²) in [4.78, 5) is 12.1. The first-order chi connectivity index (χ1) is 9.56. The summed E-state index contributed by atoms with van der Waals surface area (Å²) < 4.78 is 14.5. The van der Waals surface area contributed by atoms with Crippen LogP contribution in [0.1, 0.15) is 31.7 Å². The maximum Gasteiger partial charge on any atom is 0.137 e. The van der Waals surface area contributed by atoms with E-state index in [-0.39, 0.29) is 18.0 Å². The van der Waals surface area contributed by atoms with Crippen molar-refractivity contribution in [2.24, 2.45) is 11.8 Å². The first-order valence-electron chi connectivity index (χ1n) is 7.22. The van der Waals surface area contributed by atoms with Gasteiger partial charge in [0, 0.05) is 17.3 Å². The number of rotatable bonds is 5. The molecule has 1 heterocycles. The maximum absolute atomic E-state index is 13.6. The number of carbonyl (C=O) groups excluding carboxylic acids is 1. The number of Topliss-reactive ketones (excluding diaryl/α,β-unsaturated/α-hetero) is 1. The van der Waals surface area contributed by atoms with E-state index in [0.717, 1.165) is 17.6 Å². The van der Waals surface area contributed by atoms with Crippen molar-refractivity contribution in [1.29, 1.82) is 0 Å². The molecule has 0 aliphatic carbocycles. The zero-order valence-electron chi connectivity index (χ0n) is 11.8. The summed E-state index contributed by atoms with van der Waals surface area (Å²) in [7, 11) is 0. The molecule has 0 radical (unpaired) electrons. The lowest BCUT2D eigenvalue weighted by atomic mass is 9.83. The highest BCUT2D eigenvalue weighted by atomic mass is 79.9. The minimum Gasteiger partial charge on any atom is -0.316 e. The minimum atomic E-state index is -0.298. The van der Waals surface area contributed by atoms with Crippen LogP contribution in [0.2, 0.25) is 0 Å². The summed E-state index contributed by atoms with van der Waals surface area (Å²) in [5.74, 6) is 0.763. The van der Waals surface area contributed by atoms with Crippen LogP contribution in [0.5, 0.6) is 0 Å². The van der Waals surface area contributed by atoms with E-state index < -0.39 is 0 Å². The Bertz CT molecular complexity index is 472. The fraction of sp³-hybridized carbons (Fsp3) is 0.562. The number of hydrogen-bond donors (Lipinski definition) is 1. The number of nitrogens with one attached hydrogen (secondary N) is 1. The first kappa shape index (κ1) is 15.6. The lowest BCUT2D eigenvalue weighted by molar-refractivity contribution is -0.119. The van der Waals surface area contributed by atoms with E-state index in [9.17, 15) is 9.18 Å². The van der Waals surface area contributed by atoms with E-state index in [2.05, 4.69) is 28.2 Å². The summed E-state index contributed by atoms with van der Waals surface area (Å²) in [6, 6.07) is 4.75. The van der Waals surface area contributed by atoms with Crippen molar-refractivity contribution in [2.75, 3.05) is 13.1 Å². The topological polar surface area (TPSA) is 29.1 Å². The second kappa shape index (κ2) is 7.32. The molecule has 2 atom stereocenters. The maximum atomic E-state index is 13.6. The number of ketones is 1. The van der Waals surface area contributed by atoms with Crippen LogP contribution in [0, 0.1) is 17.7 Å². The Morgan fingerprint density at radius 1 is 1.55 bits per heavy atom. The molecule has 0 aromatic heterocycles. The highest BCUT2D eigenvalue weighted by Crippen LogP contribution is 2.24. The summed E-state index contributed by atoms with van der Waals surface area (Å²) in [5, 5.41) is 3.38. The van der Waals surface area contributed by atoms with Crippen molar-refractivity contribution in [3.8, 4) is 0 Å². The fourth-order valence-corrected chi connectivity index (χ4v) is 3.26. The Hall–Kier alpha value is -0.740. The van der Waals surface area contributed by atoms with Gasteiger partial charge in [-0.1, -0.05) is 22.9 Å². The van der Waals surface area contributed by atoms with E-state index in [0.29, 0.717) is 23.8 Å². The monoisotopic (exact) mass is 341 g/mol. The largest absolute Gasteiger partial charge is 0.316 e. The van der Waals surface area contributed by atoms with Crippen LogP contribution in [-0.4, -0.2) is 18.9 Å². The van der Waals surface area contributed by atoms with Gasteiger partial charge in [-0.05, 0) is 61.5 Å². The van der Waals surface area contributed by atoms with Crippen LogP contribution in [0.15, 0.2) is 22.7 Å². The van der Waals surface area contributed by atoms with Gasteiger partial charge >= 0.3 is 0 Å². The van der Waals surface area contributed by atoms with Crippen LogP contribution in [0.4, 0.5) is 4.39 Å². The van der Waals surface area contributed by atoms with Crippen molar-refractivity contribution >= 4 is 21.7 Å². The molecule has 1 aliphatic rings. The van der Waals surface area contributed by atoms with E-state index in [1.165, 1.54) is 18.9 Å². The SMILES string of the molecule is CC(CC(=O)Cc1cc(Br)ccc1F)C1CCCNC1. The average Bonchev–Trinajstić information content (AvgIpc) is 2.43. The zero-order chi connectivity index (χ0) is 14.5. The number of benzene rings is 1. The Kier molecular flexibility index (Phi) is 5.73. The molecule has 0 saturated carbocycles. The van der Waals surface area contributed by atoms with Gasteiger partial charge in [0.15, 0.2) is 0 Å². The Morgan fingerprint density at radius 2 is 2.35 bits per heavy atom. The third kappa shape index (κ3) is 4.38. The summed E-state index contributed by atoms with van der Waals surface area (Å²) in [6.45, 7) is 4.22. The Balaban J connectivity index is 1.89. The molecule has 1 saturated heterocycles. The molecule has 2 rings (SSSR count). The molecule has 0 amide bonds. The molecule has 2 nitrogen and oxygen atoms in total. The van der Waals surface area contributed by atoms with Gasteiger partial charge in [0.2, 0.25) is 0 Å². The van der Waals surface area contributed by atoms with Gasteiger partial charge in [-0.2, -0.15) is 0 Å². The van der Waals surface area contributed by atoms with Crippen LogP contribution in [0.25, 0.3) is 0 Å². The quantitative estimate of drug-likeness (QED) is 0.884. The van der Waals surface area contributed by atoms with Gasteiger partial charge in [-0.15, -0.1) is 0 Å². The van der Waals surface area contributed by atoms with Crippen molar-refractivity contribution in [2.45, 2.75) is 32.6 Å². The molecule has 1 fully saturated rings. The van der Waals surface area contributed by atoms with E-state index in [4.69, 9.17) is 0 Å². The predicted molar refractivity (Wildman–Crippen MR) is 82.2 cm³/mol. The van der Waals surface area contributed by atoms with E-state index in [1.54, 1.807) is 12.1 Å². The molecule has 1 aliphatic heterocycles. The summed E-state index contributed by atoms with van der Waals surface area (Å²) in [5.41, 5.74) is 0.485. The highest BCUT2D eigenvalue weighted by Gasteiger charge is 2.22. The van der Waals surface area contributed by atoms with Crippen LogP contribution in [0.3, 0.4) is 0 Å². The summed E-state index contributed by atoms with van der Waals surface area (Å²) >= 11 is 3.31. The molecular formula is C16H21BrFNO. The molecule has 2 unspecified atom stereocenters. The van der Waals surface area contributed by atoms with Crippen LogP contribution < -0.4 is 5.32 Å². The van der Waals surface area contributed by atoms with Crippen LogP contribution >= 0.6 is 15.9 Å². The predicted octanol–water partition coefficient (Wildman–Crippen LogP) is 3.73. The van der Waals surface area contributed by atoms with Crippen molar-refractivity contribution < 1.29 is 9.18 Å². The molecule has 20 heavy (non-hydrogen) atoms. The lowest BCUT2D eigenvalue weighted by Gasteiger charge is -2.28. The minimum absolute atomic E-state index is 0.125. The standard InChI is InChI=1S/C16H21BrFNO/c1-11(12-3-2-6-19-10-12)7-15(20)9-13-8-14(17)4-5-16(13)18/h4-5,8,11-12,19H,2-3,6-7,9-10H2,1H3. The molecular weight excluding hydrogens is 321 g/mol. The van der Waals surface area contributed by atoms with E-state index >= 15 is 0 Å². The van der Waals surface area contributed by atoms with Crippen molar-refractivity contribution in [3.05, 3.63) is 34.1 Å². The molecule has 110 valence electrons. The van der Waals surface area contributed by atoms with Gasteiger partial charge < -0.3 is 5.32 Å². The number of hydrogen-bond acceptors (Lipinski definition) is 2. The Morgan fingerprint density at radius 3 is 3.05 bits per heavy atom. The fourth-order valence-electron chi connectivity index (χ4n) is 2.85. The van der Waals surface area contributed by atoms with Crippen LogP contribution in [-0.2, 0) is 11.2 Å². The molecule has 0 spiro atoms. The average molecular weight is 342 g/mol. The van der Waals surface area contributed by atoms with Gasteiger partial charge in [0.1, 0.15) is 11.6 Å². The lowest BCUT2D eigenvalue weighted by Crippen LogP contribution is -2.34. The zero-order valence-corrected chi connectivity index (χ0v) is 13.4.